The third-order valence-electron chi connectivity index (χ3n) is 4.09. The SMILES string of the molecule is CCCNC(c1cc(CC)ccc1CC)C(C)S(C)(=O)=O. The maximum absolute atomic E-state index is 12.0. The predicted octanol–water partition coefficient (Wildman–Crippen LogP) is 3.29. The molecule has 4 heteroatoms. The van der Waals surface area contributed by atoms with Crippen LogP contribution in [0.1, 0.15) is 56.8 Å². The molecule has 0 aromatic heterocycles. The monoisotopic (exact) mass is 311 g/mol. The fourth-order valence-corrected chi connectivity index (χ4v) is 3.29. The van der Waals surface area contributed by atoms with Gasteiger partial charge in [0.1, 0.15) is 0 Å². The molecule has 0 heterocycles. The molecule has 0 saturated carbocycles. The molecule has 0 fully saturated rings. The predicted molar refractivity (Wildman–Crippen MR) is 90.5 cm³/mol. The van der Waals surface area contributed by atoms with Crippen molar-refractivity contribution in [1.82, 2.24) is 5.32 Å². The average Bonchev–Trinajstić information content (AvgIpc) is 2.46. The summed E-state index contributed by atoms with van der Waals surface area (Å²) in [6, 6.07) is 6.32. The lowest BCUT2D eigenvalue weighted by Gasteiger charge is -2.27. The molecule has 21 heavy (non-hydrogen) atoms. The van der Waals surface area contributed by atoms with Crippen molar-refractivity contribution in [2.24, 2.45) is 0 Å². The molecule has 3 nitrogen and oxygen atoms in total. The molecule has 0 aliphatic rings. The third kappa shape index (κ3) is 4.82. The van der Waals surface area contributed by atoms with Gasteiger partial charge in [-0.3, -0.25) is 0 Å². The molecular weight excluding hydrogens is 282 g/mol. The van der Waals surface area contributed by atoms with Crippen molar-refractivity contribution in [1.29, 1.82) is 0 Å². The Labute approximate surface area is 130 Å². The summed E-state index contributed by atoms with van der Waals surface area (Å²) in [5.41, 5.74) is 3.63. The lowest BCUT2D eigenvalue weighted by molar-refractivity contribution is 0.497. The normalized spacial score (nSPS) is 14.9. The average molecular weight is 311 g/mol. The van der Waals surface area contributed by atoms with Crippen molar-refractivity contribution in [2.45, 2.75) is 58.2 Å². The molecule has 0 radical (unpaired) electrons. The van der Waals surface area contributed by atoms with Crippen LogP contribution in [-0.4, -0.2) is 26.5 Å². The van der Waals surface area contributed by atoms with E-state index in [-0.39, 0.29) is 6.04 Å². The van der Waals surface area contributed by atoms with Gasteiger partial charge >= 0.3 is 0 Å². The largest absolute Gasteiger partial charge is 0.309 e. The van der Waals surface area contributed by atoms with Crippen LogP contribution < -0.4 is 5.32 Å². The van der Waals surface area contributed by atoms with Crippen LogP contribution in [0.5, 0.6) is 0 Å². The Kier molecular flexibility index (Phi) is 6.88. The van der Waals surface area contributed by atoms with Crippen LogP contribution in [0.15, 0.2) is 18.2 Å². The minimum atomic E-state index is -3.09. The summed E-state index contributed by atoms with van der Waals surface area (Å²) in [5, 5.41) is 3.01. The van der Waals surface area contributed by atoms with Crippen LogP contribution in [-0.2, 0) is 22.7 Å². The van der Waals surface area contributed by atoms with Gasteiger partial charge in [-0.05, 0) is 49.4 Å². The third-order valence-corrected chi connectivity index (χ3v) is 5.72. The highest BCUT2D eigenvalue weighted by molar-refractivity contribution is 7.91. The van der Waals surface area contributed by atoms with E-state index in [1.165, 1.54) is 17.4 Å². The summed E-state index contributed by atoms with van der Waals surface area (Å²) >= 11 is 0. The van der Waals surface area contributed by atoms with Crippen LogP contribution in [0.2, 0.25) is 0 Å². The van der Waals surface area contributed by atoms with Crippen molar-refractivity contribution < 1.29 is 8.42 Å². The van der Waals surface area contributed by atoms with Crippen LogP contribution >= 0.6 is 0 Å². The minimum absolute atomic E-state index is 0.138. The second-order valence-corrected chi connectivity index (χ2v) is 8.11. The first kappa shape index (κ1) is 18.2. The summed E-state index contributed by atoms with van der Waals surface area (Å²) in [4.78, 5) is 0. The molecule has 1 rings (SSSR count). The first-order valence-corrected chi connectivity index (χ1v) is 9.84. The summed E-state index contributed by atoms with van der Waals surface area (Å²) in [6.45, 7) is 8.97. The Morgan fingerprint density at radius 3 is 2.29 bits per heavy atom. The number of rotatable bonds is 8. The molecule has 0 bridgehead atoms. The van der Waals surface area contributed by atoms with E-state index in [1.807, 2.05) is 0 Å². The summed E-state index contributed by atoms with van der Waals surface area (Å²) < 4.78 is 24.0. The van der Waals surface area contributed by atoms with E-state index in [4.69, 9.17) is 0 Å². The molecule has 1 aromatic carbocycles. The second kappa shape index (κ2) is 7.95. The lowest BCUT2D eigenvalue weighted by Crippen LogP contribution is -2.36. The fraction of sp³-hybridized carbons (Fsp3) is 0.647. The number of hydrogen-bond acceptors (Lipinski definition) is 3. The molecule has 2 unspecified atom stereocenters. The highest BCUT2D eigenvalue weighted by atomic mass is 32.2. The maximum atomic E-state index is 12.0. The zero-order chi connectivity index (χ0) is 16.0. The number of aryl methyl sites for hydroxylation is 2. The Balaban J connectivity index is 3.30. The van der Waals surface area contributed by atoms with E-state index in [1.54, 1.807) is 6.92 Å². The lowest BCUT2D eigenvalue weighted by atomic mass is 9.93. The van der Waals surface area contributed by atoms with Gasteiger partial charge in [0.2, 0.25) is 0 Å². The van der Waals surface area contributed by atoms with Crippen LogP contribution in [0.4, 0.5) is 0 Å². The Morgan fingerprint density at radius 2 is 1.81 bits per heavy atom. The highest BCUT2D eigenvalue weighted by Gasteiger charge is 2.28. The van der Waals surface area contributed by atoms with Crippen molar-refractivity contribution >= 4 is 9.84 Å². The van der Waals surface area contributed by atoms with Gasteiger partial charge in [-0.1, -0.05) is 39.0 Å². The summed E-state index contributed by atoms with van der Waals surface area (Å²) in [5.74, 6) is 0. The summed E-state index contributed by atoms with van der Waals surface area (Å²) in [6.07, 6.45) is 4.19. The molecule has 1 aromatic rings. The number of sulfone groups is 1. The van der Waals surface area contributed by atoms with Gasteiger partial charge in [-0.15, -0.1) is 0 Å². The number of hydrogen-bond donors (Lipinski definition) is 1. The Hall–Kier alpha value is -0.870. The van der Waals surface area contributed by atoms with Gasteiger partial charge in [0.15, 0.2) is 9.84 Å². The van der Waals surface area contributed by atoms with Gasteiger partial charge in [0.25, 0.3) is 0 Å². The Morgan fingerprint density at radius 1 is 1.14 bits per heavy atom. The first-order valence-electron chi connectivity index (χ1n) is 7.89. The van der Waals surface area contributed by atoms with Crippen molar-refractivity contribution in [3.8, 4) is 0 Å². The summed E-state index contributed by atoms with van der Waals surface area (Å²) in [7, 11) is -3.09. The van der Waals surface area contributed by atoms with E-state index in [2.05, 4.69) is 44.3 Å². The zero-order valence-corrected chi connectivity index (χ0v) is 14.8. The molecule has 0 aliphatic heterocycles. The number of benzene rings is 1. The molecule has 2 atom stereocenters. The van der Waals surface area contributed by atoms with Gasteiger partial charge in [-0.25, -0.2) is 8.42 Å². The van der Waals surface area contributed by atoms with Crippen molar-refractivity contribution in [2.75, 3.05) is 12.8 Å². The van der Waals surface area contributed by atoms with E-state index in [0.717, 1.165) is 31.4 Å². The minimum Gasteiger partial charge on any atom is -0.309 e. The highest BCUT2D eigenvalue weighted by Crippen LogP contribution is 2.27. The van der Waals surface area contributed by atoms with E-state index < -0.39 is 15.1 Å². The zero-order valence-electron chi connectivity index (χ0n) is 13.9. The van der Waals surface area contributed by atoms with Crippen molar-refractivity contribution in [3.05, 3.63) is 34.9 Å². The molecular formula is C17H29NO2S. The topological polar surface area (TPSA) is 46.2 Å². The van der Waals surface area contributed by atoms with E-state index in [9.17, 15) is 8.42 Å². The number of nitrogens with one attached hydrogen (secondary N) is 1. The van der Waals surface area contributed by atoms with E-state index in [0.29, 0.717) is 0 Å². The molecule has 0 saturated heterocycles. The smallest absolute Gasteiger partial charge is 0.151 e. The molecule has 0 spiro atoms. The molecule has 120 valence electrons. The standard InChI is InChI=1S/C17H29NO2S/c1-6-11-18-17(13(4)21(5,19)20)16-12-14(7-2)9-10-15(16)8-3/h9-10,12-13,17-18H,6-8,11H2,1-5H3. The Bertz CT molecular complexity index is 552. The van der Waals surface area contributed by atoms with E-state index >= 15 is 0 Å². The quantitative estimate of drug-likeness (QED) is 0.801. The van der Waals surface area contributed by atoms with Gasteiger partial charge < -0.3 is 5.32 Å². The molecule has 0 amide bonds. The van der Waals surface area contributed by atoms with Gasteiger partial charge in [0.05, 0.1) is 5.25 Å². The van der Waals surface area contributed by atoms with Crippen LogP contribution in [0.25, 0.3) is 0 Å². The maximum Gasteiger partial charge on any atom is 0.151 e. The first-order chi connectivity index (χ1) is 9.85. The van der Waals surface area contributed by atoms with Gasteiger partial charge in [0, 0.05) is 12.3 Å². The molecule has 0 aliphatic carbocycles. The van der Waals surface area contributed by atoms with Crippen LogP contribution in [0, 0.1) is 0 Å². The van der Waals surface area contributed by atoms with Gasteiger partial charge in [-0.2, -0.15) is 0 Å². The van der Waals surface area contributed by atoms with Crippen LogP contribution in [0.3, 0.4) is 0 Å². The van der Waals surface area contributed by atoms with Crippen molar-refractivity contribution in [3.63, 3.8) is 0 Å². The molecule has 1 N–H and O–H groups in total. The second-order valence-electron chi connectivity index (χ2n) is 5.71. The fourth-order valence-electron chi connectivity index (χ4n) is 2.55.